The van der Waals surface area contributed by atoms with Crippen LogP contribution in [0.25, 0.3) is 10.9 Å². The van der Waals surface area contributed by atoms with Gasteiger partial charge in [-0.1, -0.05) is 26.0 Å². The Kier molecular flexibility index (Phi) is 5.42. The summed E-state index contributed by atoms with van der Waals surface area (Å²) in [4.78, 5) is 14.3. The number of anilines is 2. The van der Waals surface area contributed by atoms with E-state index < -0.39 is 0 Å². The van der Waals surface area contributed by atoms with Crippen LogP contribution >= 0.6 is 0 Å². The van der Waals surface area contributed by atoms with Gasteiger partial charge in [0.2, 0.25) is 5.95 Å². The van der Waals surface area contributed by atoms with Gasteiger partial charge in [0.15, 0.2) is 0 Å². The number of hydrogen-bond acceptors (Lipinski definition) is 5. The molecule has 1 saturated heterocycles. The SMILES string of the molecule is CN(C)CC(C)(C)CNc1nc(N2CCCCC2)c2ccccc2n1. The number of fused-ring (bicyclic) bond motifs is 1. The Morgan fingerprint density at radius 2 is 1.80 bits per heavy atom. The third kappa shape index (κ3) is 4.60. The largest absolute Gasteiger partial charge is 0.356 e. The molecule has 0 amide bonds. The summed E-state index contributed by atoms with van der Waals surface area (Å²) in [6.45, 7) is 8.59. The summed E-state index contributed by atoms with van der Waals surface area (Å²) in [5.74, 6) is 1.82. The quantitative estimate of drug-likeness (QED) is 0.869. The first kappa shape index (κ1) is 17.9. The Labute approximate surface area is 151 Å². The minimum absolute atomic E-state index is 0.157. The van der Waals surface area contributed by atoms with Crippen molar-refractivity contribution in [1.82, 2.24) is 14.9 Å². The summed E-state index contributed by atoms with van der Waals surface area (Å²) < 4.78 is 0. The van der Waals surface area contributed by atoms with Crippen LogP contribution in [-0.4, -0.2) is 55.1 Å². The highest BCUT2D eigenvalue weighted by atomic mass is 15.2. The lowest BCUT2D eigenvalue weighted by Gasteiger charge is -2.30. The van der Waals surface area contributed by atoms with E-state index in [0.29, 0.717) is 0 Å². The van der Waals surface area contributed by atoms with E-state index in [0.717, 1.165) is 48.8 Å². The van der Waals surface area contributed by atoms with Crippen LogP contribution in [0, 0.1) is 5.41 Å². The van der Waals surface area contributed by atoms with Crippen molar-refractivity contribution in [3.05, 3.63) is 24.3 Å². The van der Waals surface area contributed by atoms with Crippen molar-refractivity contribution in [1.29, 1.82) is 0 Å². The molecule has 0 unspecified atom stereocenters. The van der Waals surface area contributed by atoms with Crippen LogP contribution < -0.4 is 10.2 Å². The minimum atomic E-state index is 0.157. The molecule has 1 aromatic carbocycles. The van der Waals surface area contributed by atoms with Crippen LogP contribution in [0.5, 0.6) is 0 Å². The van der Waals surface area contributed by atoms with E-state index in [1.54, 1.807) is 0 Å². The van der Waals surface area contributed by atoms with Gasteiger partial charge in [0.1, 0.15) is 5.82 Å². The second-order valence-electron chi connectivity index (χ2n) is 8.19. The van der Waals surface area contributed by atoms with E-state index in [1.165, 1.54) is 19.3 Å². The molecule has 1 aliphatic rings. The Balaban J connectivity index is 1.86. The van der Waals surface area contributed by atoms with E-state index in [2.05, 4.69) is 67.3 Å². The van der Waals surface area contributed by atoms with Gasteiger partial charge in [-0.05, 0) is 50.9 Å². The number of rotatable bonds is 6. The lowest BCUT2D eigenvalue weighted by atomic mass is 9.93. The average Bonchev–Trinajstić information content (AvgIpc) is 2.59. The predicted octanol–water partition coefficient (Wildman–Crippen LogP) is 3.62. The highest BCUT2D eigenvalue weighted by Gasteiger charge is 2.21. The molecule has 5 heteroatoms. The molecule has 1 N–H and O–H groups in total. The van der Waals surface area contributed by atoms with Gasteiger partial charge in [-0.3, -0.25) is 0 Å². The third-order valence-electron chi connectivity index (χ3n) is 4.71. The maximum absolute atomic E-state index is 4.90. The number of nitrogens with one attached hydrogen (secondary N) is 1. The topological polar surface area (TPSA) is 44.3 Å². The number of nitrogens with zero attached hydrogens (tertiary/aromatic N) is 4. The first-order valence-electron chi connectivity index (χ1n) is 9.35. The summed E-state index contributed by atoms with van der Waals surface area (Å²) in [6, 6.07) is 8.35. The van der Waals surface area contributed by atoms with Crippen molar-refractivity contribution < 1.29 is 0 Å². The Morgan fingerprint density at radius 3 is 2.52 bits per heavy atom. The van der Waals surface area contributed by atoms with Gasteiger partial charge in [0, 0.05) is 31.6 Å². The van der Waals surface area contributed by atoms with Crippen LogP contribution in [-0.2, 0) is 0 Å². The third-order valence-corrected chi connectivity index (χ3v) is 4.71. The molecule has 5 nitrogen and oxygen atoms in total. The molecule has 0 atom stereocenters. The van der Waals surface area contributed by atoms with Gasteiger partial charge in [-0.25, -0.2) is 4.98 Å². The molecular formula is C20H31N5. The smallest absolute Gasteiger partial charge is 0.225 e. The molecule has 136 valence electrons. The van der Waals surface area contributed by atoms with Crippen molar-refractivity contribution in [2.75, 3.05) is 50.5 Å². The first-order chi connectivity index (χ1) is 11.9. The number of aromatic nitrogens is 2. The summed E-state index contributed by atoms with van der Waals surface area (Å²) >= 11 is 0. The molecule has 2 heterocycles. The molecule has 0 aliphatic carbocycles. The zero-order valence-electron chi connectivity index (χ0n) is 16.0. The molecule has 0 bridgehead atoms. The molecule has 1 aromatic heterocycles. The monoisotopic (exact) mass is 341 g/mol. The molecule has 1 fully saturated rings. The minimum Gasteiger partial charge on any atom is -0.356 e. The molecule has 25 heavy (non-hydrogen) atoms. The van der Waals surface area contributed by atoms with E-state index in [-0.39, 0.29) is 5.41 Å². The maximum Gasteiger partial charge on any atom is 0.225 e. The predicted molar refractivity (Wildman–Crippen MR) is 106 cm³/mol. The summed E-state index contributed by atoms with van der Waals surface area (Å²) in [6.07, 6.45) is 3.82. The van der Waals surface area contributed by atoms with Crippen molar-refractivity contribution in [3.63, 3.8) is 0 Å². The fourth-order valence-corrected chi connectivity index (χ4v) is 3.72. The number of hydrogen-bond donors (Lipinski definition) is 1. The second-order valence-corrected chi connectivity index (χ2v) is 8.19. The average molecular weight is 342 g/mol. The van der Waals surface area contributed by atoms with E-state index in [4.69, 9.17) is 9.97 Å². The van der Waals surface area contributed by atoms with E-state index >= 15 is 0 Å². The highest BCUT2D eigenvalue weighted by Crippen LogP contribution is 2.28. The van der Waals surface area contributed by atoms with Crippen LogP contribution in [0.3, 0.4) is 0 Å². The lowest BCUT2D eigenvalue weighted by Crippen LogP contribution is -2.35. The summed E-state index contributed by atoms with van der Waals surface area (Å²) in [5, 5.41) is 4.64. The first-order valence-corrected chi connectivity index (χ1v) is 9.35. The van der Waals surface area contributed by atoms with Crippen LogP contribution in [0.15, 0.2) is 24.3 Å². The zero-order chi connectivity index (χ0) is 17.9. The molecule has 0 spiro atoms. The van der Waals surface area contributed by atoms with Gasteiger partial charge in [-0.2, -0.15) is 4.98 Å². The lowest BCUT2D eigenvalue weighted by molar-refractivity contribution is 0.254. The van der Waals surface area contributed by atoms with E-state index in [9.17, 15) is 0 Å². The van der Waals surface area contributed by atoms with Gasteiger partial charge in [-0.15, -0.1) is 0 Å². The van der Waals surface area contributed by atoms with Crippen molar-refractivity contribution >= 4 is 22.7 Å². The van der Waals surface area contributed by atoms with Crippen LogP contribution in [0.1, 0.15) is 33.1 Å². The van der Waals surface area contributed by atoms with Crippen molar-refractivity contribution in [2.24, 2.45) is 5.41 Å². The fraction of sp³-hybridized carbons (Fsp3) is 0.600. The number of benzene rings is 1. The van der Waals surface area contributed by atoms with E-state index in [1.807, 2.05) is 0 Å². The number of para-hydroxylation sites is 1. The molecule has 0 saturated carbocycles. The Bertz CT molecular complexity index is 704. The second kappa shape index (κ2) is 7.56. The Hall–Kier alpha value is -1.88. The normalized spacial score (nSPS) is 15.8. The van der Waals surface area contributed by atoms with Gasteiger partial charge < -0.3 is 15.1 Å². The highest BCUT2D eigenvalue weighted by molar-refractivity contribution is 5.90. The van der Waals surface area contributed by atoms with Gasteiger partial charge >= 0.3 is 0 Å². The molecule has 2 aromatic rings. The van der Waals surface area contributed by atoms with Crippen LogP contribution in [0.4, 0.5) is 11.8 Å². The summed E-state index contributed by atoms with van der Waals surface area (Å²) in [5.41, 5.74) is 1.18. The van der Waals surface area contributed by atoms with Crippen LogP contribution in [0.2, 0.25) is 0 Å². The van der Waals surface area contributed by atoms with Crippen molar-refractivity contribution in [3.8, 4) is 0 Å². The molecular weight excluding hydrogens is 310 g/mol. The fourth-order valence-electron chi connectivity index (χ4n) is 3.72. The Morgan fingerprint density at radius 1 is 1.08 bits per heavy atom. The molecule has 1 aliphatic heterocycles. The van der Waals surface area contributed by atoms with Crippen molar-refractivity contribution in [2.45, 2.75) is 33.1 Å². The molecule has 3 rings (SSSR count). The number of piperidine rings is 1. The molecule has 0 radical (unpaired) electrons. The van der Waals surface area contributed by atoms with Gasteiger partial charge in [0.05, 0.1) is 5.52 Å². The zero-order valence-corrected chi connectivity index (χ0v) is 16.0. The standard InChI is InChI=1S/C20H31N5/c1-20(2,15-24(3)4)14-21-19-22-17-11-7-6-10-16(17)18(23-19)25-12-8-5-9-13-25/h6-7,10-11H,5,8-9,12-15H2,1-4H3,(H,21,22,23). The maximum atomic E-state index is 4.90. The summed E-state index contributed by atoms with van der Waals surface area (Å²) in [7, 11) is 4.23. The van der Waals surface area contributed by atoms with Gasteiger partial charge in [0.25, 0.3) is 0 Å².